The Kier molecular flexibility index (Phi) is 3.87. The molecule has 1 saturated carbocycles. The van der Waals surface area contributed by atoms with Crippen molar-refractivity contribution >= 4 is 11.6 Å². The van der Waals surface area contributed by atoms with E-state index in [9.17, 15) is 4.79 Å². The van der Waals surface area contributed by atoms with Crippen LogP contribution in [0, 0.1) is 5.92 Å². The van der Waals surface area contributed by atoms with Crippen LogP contribution in [0.5, 0.6) is 0 Å². The second kappa shape index (κ2) is 5.79. The van der Waals surface area contributed by atoms with Crippen molar-refractivity contribution in [2.24, 2.45) is 5.92 Å². The molecule has 1 aliphatic heterocycles. The molecular formula is C15H21N3O2. The van der Waals surface area contributed by atoms with Crippen molar-refractivity contribution in [2.75, 3.05) is 18.5 Å². The summed E-state index contributed by atoms with van der Waals surface area (Å²) in [6, 6.07) is 4.07. The second-order valence-corrected chi connectivity index (χ2v) is 5.50. The van der Waals surface area contributed by atoms with Crippen LogP contribution in [0.4, 0.5) is 5.69 Å². The molecule has 2 unspecified atom stereocenters. The standard InChI is InChI=1S/C15H21N3O2/c1-2-16-15(19)13-9-11(5-7-17-13)18-12-6-8-20-14(12)10-3-4-10/h5,7,9-10,12,14H,2-4,6,8H2,1H3,(H,16,19)(H,17,18). The number of ether oxygens (including phenoxy) is 1. The summed E-state index contributed by atoms with van der Waals surface area (Å²) in [5.74, 6) is 0.595. The van der Waals surface area contributed by atoms with E-state index in [1.54, 1.807) is 6.20 Å². The molecule has 5 nitrogen and oxygen atoms in total. The molecule has 1 aromatic rings. The van der Waals surface area contributed by atoms with E-state index in [0.717, 1.165) is 24.6 Å². The zero-order valence-corrected chi connectivity index (χ0v) is 11.8. The molecule has 2 heterocycles. The molecule has 2 fully saturated rings. The second-order valence-electron chi connectivity index (χ2n) is 5.50. The fraction of sp³-hybridized carbons (Fsp3) is 0.600. The minimum atomic E-state index is -0.127. The zero-order chi connectivity index (χ0) is 13.9. The summed E-state index contributed by atoms with van der Waals surface area (Å²) in [5.41, 5.74) is 1.40. The summed E-state index contributed by atoms with van der Waals surface area (Å²) in [5, 5.41) is 6.27. The van der Waals surface area contributed by atoms with Crippen molar-refractivity contribution < 1.29 is 9.53 Å². The minimum absolute atomic E-state index is 0.127. The number of nitrogens with one attached hydrogen (secondary N) is 2. The Balaban J connectivity index is 1.67. The molecule has 1 amide bonds. The van der Waals surface area contributed by atoms with E-state index < -0.39 is 0 Å². The monoisotopic (exact) mass is 275 g/mol. The summed E-state index contributed by atoms with van der Waals surface area (Å²) < 4.78 is 5.82. The average molecular weight is 275 g/mol. The molecule has 0 spiro atoms. The van der Waals surface area contributed by atoms with Gasteiger partial charge < -0.3 is 15.4 Å². The lowest BCUT2D eigenvalue weighted by Crippen LogP contribution is -2.31. The lowest BCUT2D eigenvalue weighted by Gasteiger charge is -2.20. The number of carbonyl (C=O) groups is 1. The third-order valence-electron chi connectivity index (χ3n) is 3.90. The Hall–Kier alpha value is -1.62. The van der Waals surface area contributed by atoms with Crippen LogP contribution >= 0.6 is 0 Å². The Bertz CT molecular complexity index is 488. The van der Waals surface area contributed by atoms with Gasteiger partial charge in [0.25, 0.3) is 5.91 Å². The number of nitrogens with zero attached hydrogens (tertiary/aromatic N) is 1. The third kappa shape index (κ3) is 2.93. The summed E-state index contributed by atoms with van der Waals surface area (Å²) in [6.45, 7) is 3.33. The predicted molar refractivity (Wildman–Crippen MR) is 76.7 cm³/mol. The smallest absolute Gasteiger partial charge is 0.269 e. The van der Waals surface area contributed by atoms with Crippen LogP contribution in [-0.2, 0) is 4.74 Å². The third-order valence-corrected chi connectivity index (χ3v) is 3.90. The van der Waals surface area contributed by atoms with Gasteiger partial charge in [-0.1, -0.05) is 0 Å². The Morgan fingerprint density at radius 3 is 3.05 bits per heavy atom. The van der Waals surface area contributed by atoms with Crippen LogP contribution in [0.25, 0.3) is 0 Å². The molecule has 3 rings (SSSR count). The first kappa shape index (κ1) is 13.4. The summed E-state index contributed by atoms with van der Waals surface area (Å²) >= 11 is 0. The van der Waals surface area contributed by atoms with E-state index in [-0.39, 0.29) is 5.91 Å². The zero-order valence-electron chi connectivity index (χ0n) is 11.8. The van der Waals surface area contributed by atoms with Gasteiger partial charge in [-0.05, 0) is 44.2 Å². The topological polar surface area (TPSA) is 63.2 Å². The number of amides is 1. The first-order chi connectivity index (χ1) is 9.78. The maximum Gasteiger partial charge on any atom is 0.269 e. The molecule has 5 heteroatoms. The highest BCUT2D eigenvalue weighted by Crippen LogP contribution is 2.39. The van der Waals surface area contributed by atoms with Crippen LogP contribution in [0.2, 0.25) is 0 Å². The molecule has 0 aromatic carbocycles. The van der Waals surface area contributed by atoms with Gasteiger partial charge in [0, 0.05) is 25.0 Å². The van der Waals surface area contributed by atoms with E-state index in [0.29, 0.717) is 24.4 Å². The van der Waals surface area contributed by atoms with Crippen molar-refractivity contribution in [1.82, 2.24) is 10.3 Å². The molecule has 20 heavy (non-hydrogen) atoms. The van der Waals surface area contributed by atoms with Crippen molar-refractivity contribution in [2.45, 2.75) is 38.3 Å². The first-order valence-electron chi connectivity index (χ1n) is 7.40. The molecule has 2 aliphatic rings. The van der Waals surface area contributed by atoms with Crippen molar-refractivity contribution in [3.8, 4) is 0 Å². The van der Waals surface area contributed by atoms with Gasteiger partial charge in [0.05, 0.1) is 12.1 Å². The van der Waals surface area contributed by atoms with Gasteiger partial charge >= 0.3 is 0 Å². The van der Waals surface area contributed by atoms with Crippen LogP contribution < -0.4 is 10.6 Å². The molecule has 0 bridgehead atoms. The van der Waals surface area contributed by atoms with E-state index in [1.165, 1.54) is 12.8 Å². The molecule has 1 aromatic heterocycles. The predicted octanol–water partition coefficient (Wildman–Crippen LogP) is 1.81. The normalized spacial score (nSPS) is 25.4. The molecular weight excluding hydrogens is 254 g/mol. The summed E-state index contributed by atoms with van der Waals surface area (Å²) in [6.07, 6.45) is 5.60. The van der Waals surface area contributed by atoms with Gasteiger partial charge in [-0.15, -0.1) is 0 Å². The Morgan fingerprint density at radius 2 is 2.30 bits per heavy atom. The van der Waals surface area contributed by atoms with Crippen LogP contribution in [0.1, 0.15) is 36.7 Å². The fourth-order valence-corrected chi connectivity index (χ4v) is 2.76. The van der Waals surface area contributed by atoms with Gasteiger partial charge in [-0.2, -0.15) is 0 Å². The maximum absolute atomic E-state index is 11.8. The highest BCUT2D eigenvalue weighted by Gasteiger charge is 2.40. The van der Waals surface area contributed by atoms with Crippen molar-refractivity contribution in [3.05, 3.63) is 24.0 Å². The number of rotatable bonds is 5. The lowest BCUT2D eigenvalue weighted by molar-refractivity contribution is 0.0898. The SMILES string of the molecule is CCNC(=O)c1cc(NC2CCOC2C2CC2)ccn1. The highest BCUT2D eigenvalue weighted by molar-refractivity contribution is 5.93. The van der Waals surface area contributed by atoms with Crippen LogP contribution in [-0.4, -0.2) is 36.2 Å². The number of anilines is 1. The van der Waals surface area contributed by atoms with Gasteiger partial charge in [0.15, 0.2) is 0 Å². The van der Waals surface area contributed by atoms with Crippen LogP contribution in [0.3, 0.4) is 0 Å². The van der Waals surface area contributed by atoms with E-state index >= 15 is 0 Å². The Labute approximate surface area is 119 Å². The van der Waals surface area contributed by atoms with E-state index in [1.807, 2.05) is 19.1 Å². The van der Waals surface area contributed by atoms with Crippen LogP contribution in [0.15, 0.2) is 18.3 Å². The van der Waals surface area contributed by atoms with Crippen molar-refractivity contribution in [3.63, 3.8) is 0 Å². The van der Waals surface area contributed by atoms with E-state index in [2.05, 4.69) is 15.6 Å². The Morgan fingerprint density at radius 1 is 1.45 bits per heavy atom. The number of aromatic nitrogens is 1. The summed E-state index contributed by atoms with van der Waals surface area (Å²) in [4.78, 5) is 15.9. The van der Waals surface area contributed by atoms with Gasteiger partial charge in [-0.3, -0.25) is 9.78 Å². The van der Waals surface area contributed by atoms with Gasteiger partial charge in [0.2, 0.25) is 0 Å². The molecule has 1 aliphatic carbocycles. The molecule has 2 atom stereocenters. The highest BCUT2D eigenvalue weighted by atomic mass is 16.5. The largest absolute Gasteiger partial charge is 0.379 e. The van der Waals surface area contributed by atoms with Crippen molar-refractivity contribution in [1.29, 1.82) is 0 Å². The lowest BCUT2D eigenvalue weighted by atomic mass is 10.1. The minimum Gasteiger partial charge on any atom is -0.379 e. The number of carbonyl (C=O) groups excluding carboxylic acids is 1. The van der Waals surface area contributed by atoms with E-state index in [4.69, 9.17) is 4.74 Å². The number of pyridine rings is 1. The number of hydrogen-bond acceptors (Lipinski definition) is 4. The van der Waals surface area contributed by atoms with Gasteiger partial charge in [0.1, 0.15) is 5.69 Å². The fourth-order valence-electron chi connectivity index (χ4n) is 2.76. The molecule has 2 N–H and O–H groups in total. The first-order valence-corrected chi connectivity index (χ1v) is 7.40. The average Bonchev–Trinajstić information content (AvgIpc) is 3.20. The quantitative estimate of drug-likeness (QED) is 0.860. The maximum atomic E-state index is 11.8. The molecule has 1 saturated heterocycles. The molecule has 0 radical (unpaired) electrons. The molecule has 108 valence electrons. The van der Waals surface area contributed by atoms with Gasteiger partial charge in [-0.25, -0.2) is 0 Å². The summed E-state index contributed by atoms with van der Waals surface area (Å²) in [7, 11) is 0. The number of hydrogen-bond donors (Lipinski definition) is 2.